The maximum Gasteiger partial charge on any atom is 0.169 e. The van der Waals surface area contributed by atoms with Crippen molar-refractivity contribution in [2.75, 3.05) is 0 Å². The highest BCUT2D eigenvalue weighted by Gasteiger charge is 2.08. The van der Waals surface area contributed by atoms with Gasteiger partial charge in [-0.1, -0.05) is 31.2 Å². The largest absolute Gasteiger partial charge is 0.256 e. The monoisotopic (exact) mass is 197 g/mol. The van der Waals surface area contributed by atoms with E-state index >= 15 is 0 Å². The molecule has 2 heteroatoms. The van der Waals surface area contributed by atoms with E-state index in [1.807, 2.05) is 6.20 Å². The van der Waals surface area contributed by atoms with Gasteiger partial charge in [-0.15, -0.1) is 0 Å². The standard InChI is InChI=1S/C13H16BN/c1-9-5-6-15-13-10(2)7-11(14(3)4)8-12(9)13/h5-8H,1-4H3. The number of pyridine rings is 1. The fraction of sp³-hybridized carbons (Fsp3) is 0.308. The van der Waals surface area contributed by atoms with E-state index in [9.17, 15) is 0 Å². The van der Waals surface area contributed by atoms with Gasteiger partial charge in [0.05, 0.1) is 5.52 Å². The van der Waals surface area contributed by atoms with Gasteiger partial charge in [0, 0.05) is 11.6 Å². The van der Waals surface area contributed by atoms with Gasteiger partial charge in [-0.2, -0.15) is 0 Å². The molecule has 0 N–H and O–H groups in total. The predicted molar refractivity (Wildman–Crippen MR) is 68.3 cm³/mol. The Labute approximate surface area is 91.6 Å². The number of aryl methyl sites for hydroxylation is 2. The van der Waals surface area contributed by atoms with Crippen molar-refractivity contribution >= 4 is 23.1 Å². The lowest BCUT2D eigenvalue weighted by molar-refractivity contribution is 1.34. The van der Waals surface area contributed by atoms with E-state index in [1.165, 1.54) is 22.0 Å². The maximum absolute atomic E-state index is 4.44. The quantitative estimate of drug-likeness (QED) is 0.640. The van der Waals surface area contributed by atoms with Gasteiger partial charge >= 0.3 is 0 Å². The van der Waals surface area contributed by atoms with Crippen molar-refractivity contribution in [3.05, 3.63) is 35.5 Å². The number of hydrogen-bond acceptors (Lipinski definition) is 1. The zero-order valence-electron chi connectivity index (χ0n) is 9.83. The Morgan fingerprint density at radius 1 is 1.07 bits per heavy atom. The first-order valence-electron chi connectivity index (χ1n) is 5.45. The van der Waals surface area contributed by atoms with Crippen LogP contribution in [-0.4, -0.2) is 11.7 Å². The average Bonchev–Trinajstić information content (AvgIpc) is 2.19. The zero-order chi connectivity index (χ0) is 11.0. The summed E-state index contributed by atoms with van der Waals surface area (Å²) in [7, 11) is 0. The Morgan fingerprint density at radius 2 is 1.80 bits per heavy atom. The zero-order valence-corrected chi connectivity index (χ0v) is 9.83. The lowest BCUT2D eigenvalue weighted by atomic mass is 9.49. The summed E-state index contributed by atoms with van der Waals surface area (Å²) in [5.41, 5.74) is 5.13. The van der Waals surface area contributed by atoms with Crippen molar-refractivity contribution < 1.29 is 0 Å². The molecule has 0 aliphatic rings. The molecular formula is C13H16BN. The summed E-state index contributed by atoms with van der Waals surface area (Å²) in [5, 5.41) is 1.29. The number of benzene rings is 1. The fourth-order valence-electron chi connectivity index (χ4n) is 1.93. The van der Waals surface area contributed by atoms with Crippen LogP contribution < -0.4 is 5.46 Å². The van der Waals surface area contributed by atoms with E-state index in [0.29, 0.717) is 6.71 Å². The third kappa shape index (κ3) is 1.76. The Hall–Kier alpha value is -1.31. The Bertz CT molecular complexity index is 503. The van der Waals surface area contributed by atoms with Crippen molar-refractivity contribution in [3.63, 3.8) is 0 Å². The van der Waals surface area contributed by atoms with E-state index in [-0.39, 0.29) is 0 Å². The summed E-state index contributed by atoms with van der Waals surface area (Å²) in [6.45, 7) is 9.32. The smallest absolute Gasteiger partial charge is 0.169 e. The molecule has 0 atom stereocenters. The molecule has 0 aliphatic carbocycles. The first-order chi connectivity index (χ1) is 7.09. The summed E-state index contributed by atoms with van der Waals surface area (Å²) in [4.78, 5) is 4.44. The SMILES string of the molecule is CB(C)c1cc(C)c2nccc(C)c2c1. The fourth-order valence-corrected chi connectivity index (χ4v) is 1.93. The van der Waals surface area contributed by atoms with Crippen LogP contribution in [0.4, 0.5) is 0 Å². The molecule has 15 heavy (non-hydrogen) atoms. The van der Waals surface area contributed by atoms with Gasteiger partial charge in [0.25, 0.3) is 0 Å². The minimum atomic E-state index is 0.577. The van der Waals surface area contributed by atoms with Crippen LogP contribution in [-0.2, 0) is 0 Å². The van der Waals surface area contributed by atoms with Crippen LogP contribution in [0.2, 0.25) is 13.6 Å². The maximum atomic E-state index is 4.44. The highest BCUT2D eigenvalue weighted by Crippen LogP contribution is 2.18. The average molecular weight is 197 g/mol. The minimum Gasteiger partial charge on any atom is -0.256 e. The van der Waals surface area contributed by atoms with Gasteiger partial charge in [0.1, 0.15) is 0 Å². The van der Waals surface area contributed by atoms with Gasteiger partial charge in [0.15, 0.2) is 6.71 Å². The number of hydrogen-bond donors (Lipinski definition) is 0. The van der Waals surface area contributed by atoms with E-state index in [0.717, 1.165) is 5.52 Å². The molecule has 0 spiro atoms. The highest BCUT2D eigenvalue weighted by molar-refractivity contribution is 6.71. The molecule has 1 aromatic carbocycles. The lowest BCUT2D eigenvalue weighted by Crippen LogP contribution is -2.22. The summed E-state index contributed by atoms with van der Waals surface area (Å²) >= 11 is 0. The molecule has 0 aliphatic heterocycles. The van der Waals surface area contributed by atoms with Crippen LogP contribution in [0.1, 0.15) is 11.1 Å². The second kappa shape index (κ2) is 3.69. The van der Waals surface area contributed by atoms with Gasteiger partial charge in [-0.25, -0.2) is 0 Å². The van der Waals surface area contributed by atoms with Gasteiger partial charge in [-0.3, -0.25) is 4.98 Å². The van der Waals surface area contributed by atoms with Crippen LogP contribution >= 0.6 is 0 Å². The topological polar surface area (TPSA) is 12.9 Å². The van der Waals surface area contributed by atoms with E-state index in [2.05, 4.69) is 50.7 Å². The van der Waals surface area contributed by atoms with Crippen LogP contribution in [0.3, 0.4) is 0 Å². The van der Waals surface area contributed by atoms with Crippen LogP contribution in [0.25, 0.3) is 10.9 Å². The molecule has 0 saturated carbocycles. The Balaban J connectivity index is 2.80. The molecule has 2 rings (SSSR count). The Morgan fingerprint density at radius 3 is 2.47 bits per heavy atom. The number of nitrogens with zero attached hydrogens (tertiary/aromatic N) is 1. The molecular weight excluding hydrogens is 181 g/mol. The van der Waals surface area contributed by atoms with Crippen molar-refractivity contribution in [1.29, 1.82) is 0 Å². The van der Waals surface area contributed by atoms with Crippen molar-refractivity contribution in [1.82, 2.24) is 4.98 Å². The summed E-state index contributed by atoms with van der Waals surface area (Å²) < 4.78 is 0. The first-order valence-corrected chi connectivity index (χ1v) is 5.45. The second-order valence-corrected chi connectivity index (χ2v) is 4.52. The summed E-state index contributed by atoms with van der Waals surface area (Å²) in [5.74, 6) is 0. The van der Waals surface area contributed by atoms with Crippen LogP contribution in [0, 0.1) is 13.8 Å². The van der Waals surface area contributed by atoms with Crippen molar-refractivity contribution in [2.24, 2.45) is 0 Å². The summed E-state index contributed by atoms with van der Waals surface area (Å²) in [6.07, 6.45) is 1.89. The molecule has 1 heterocycles. The molecule has 76 valence electrons. The minimum absolute atomic E-state index is 0.577. The molecule has 0 fully saturated rings. The van der Waals surface area contributed by atoms with Gasteiger partial charge in [-0.05, 0) is 31.0 Å². The summed E-state index contributed by atoms with van der Waals surface area (Å²) in [6, 6.07) is 6.60. The molecule has 2 aromatic rings. The molecule has 0 unspecified atom stereocenters. The van der Waals surface area contributed by atoms with Crippen LogP contribution in [0.15, 0.2) is 24.4 Å². The third-order valence-electron chi connectivity index (χ3n) is 2.94. The lowest BCUT2D eigenvalue weighted by Gasteiger charge is -2.09. The van der Waals surface area contributed by atoms with Crippen molar-refractivity contribution in [2.45, 2.75) is 27.5 Å². The molecule has 0 amide bonds. The van der Waals surface area contributed by atoms with E-state index < -0.39 is 0 Å². The first kappa shape index (κ1) is 10.2. The molecule has 0 bridgehead atoms. The van der Waals surface area contributed by atoms with Gasteiger partial charge < -0.3 is 0 Å². The highest BCUT2D eigenvalue weighted by atomic mass is 14.6. The molecule has 1 nitrogen and oxygen atoms in total. The molecule has 0 saturated heterocycles. The second-order valence-electron chi connectivity index (χ2n) is 4.52. The van der Waals surface area contributed by atoms with E-state index in [1.54, 1.807) is 0 Å². The van der Waals surface area contributed by atoms with Crippen molar-refractivity contribution in [3.8, 4) is 0 Å². The molecule has 1 aromatic heterocycles. The van der Waals surface area contributed by atoms with Crippen LogP contribution in [0.5, 0.6) is 0 Å². The van der Waals surface area contributed by atoms with E-state index in [4.69, 9.17) is 0 Å². The predicted octanol–water partition coefficient (Wildman–Crippen LogP) is 2.81. The number of aromatic nitrogens is 1. The number of rotatable bonds is 1. The molecule has 0 radical (unpaired) electrons. The third-order valence-corrected chi connectivity index (χ3v) is 2.94. The number of fused-ring (bicyclic) bond motifs is 1. The van der Waals surface area contributed by atoms with Gasteiger partial charge in [0.2, 0.25) is 0 Å². The normalized spacial score (nSPS) is 10.7. The Kier molecular flexibility index (Phi) is 2.51.